The third-order valence-corrected chi connectivity index (χ3v) is 3.39. The second kappa shape index (κ2) is 5.61. The van der Waals surface area contributed by atoms with Gasteiger partial charge in [0.25, 0.3) is 5.91 Å². The van der Waals surface area contributed by atoms with Crippen molar-refractivity contribution in [2.24, 2.45) is 0 Å². The number of benzene rings is 1. The lowest BCUT2D eigenvalue weighted by molar-refractivity contribution is 0.0995. The van der Waals surface area contributed by atoms with E-state index in [1.54, 1.807) is 12.1 Å². The van der Waals surface area contributed by atoms with Crippen LogP contribution >= 0.6 is 15.9 Å². The molecule has 0 spiro atoms. The van der Waals surface area contributed by atoms with Crippen LogP contribution < -0.4 is 5.32 Å². The Balaban J connectivity index is 2.31. The summed E-state index contributed by atoms with van der Waals surface area (Å²) in [5.74, 6) is 0.408. The minimum Gasteiger partial charge on any atom is -0.444 e. The van der Waals surface area contributed by atoms with E-state index in [0.29, 0.717) is 16.3 Å². The zero-order valence-corrected chi connectivity index (χ0v) is 12.7. The molecule has 2 rings (SSSR count). The van der Waals surface area contributed by atoms with E-state index in [9.17, 15) is 4.79 Å². The highest BCUT2D eigenvalue weighted by Gasteiger charge is 2.15. The second-order valence-corrected chi connectivity index (χ2v) is 5.53. The molecular formula is C15H16BrNO2. The highest BCUT2D eigenvalue weighted by atomic mass is 79.9. The average molecular weight is 322 g/mol. The van der Waals surface area contributed by atoms with Crippen molar-refractivity contribution in [1.82, 2.24) is 0 Å². The highest BCUT2D eigenvalue weighted by Crippen LogP contribution is 2.28. The van der Waals surface area contributed by atoms with E-state index >= 15 is 0 Å². The third-order valence-electron chi connectivity index (χ3n) is 2.96. The summed E-state index contributed by atoms with van der Waals surface area (Å²) in [5, 5.41) is 2.94. The molecule has 2 aromatic rings. The first-order valence-electron chi connectivity index (χ1n) is 6.15. The van der Waals surface area contributed by atoms with Crippen molar-refractivity contribution in [2.75, 3.05) is 5.32 Å². The largest absolute Gasteiger partial charge is 0.444 e. The summed E-state index contributed by atoms with van der Waals surface area (Å²) in [7, 11) is 0. The monoisotopic (exact) mass is 321 g/mol. The Labute approximate surface area is 121 Å². The highest BCUT2D eigenvalue weighted by molar-refractivity contribution is 9.10. The molecule has 100 valence electrons. The lowest BCUT2D eigenvalue weighted by Gasteiger charge is -2.15. The molecule has 0 aliphatic heterocycles. The van der Waals surface area contributed by atoms with Gasteiger partial charge in [0.2, 0.25) is 0 Å². The van der Waals surface area contributed by atoms with Gasteiger partial charge in [-0.2, -0.15) is 0 Å². The van der Waals surface area contributed by atoms with Gasteiger partial charge in [0.15, 0.2) is 10.4 Å². The van der Waals surface area contributed by atoms with Gasteiger partial charge in [-0.1, -0.05) is 32.0 Å². The van der Waals surface area contributed by atoms with E-state index in [4.69, 9.17) is 4.42 Å². The molecule has 0 atom stereocenters. The molecule has 3 nitrogen and oxygen atoms in total. The van der Waals surface area contributed by atoms with Gasteiger partial charge in [0.1, 0.15) is 0 Å². The molecule has 1 heterocycles. The van der Waals surface area contributed by atoms with Gasteiger partial charge >= 0.3 is 0 Å². The number of rotatable bonds is 3. The molecule has 1 amide bonds. The van der Waals surface area contributed by atoms with Crippen LogP contribution in [0.25, 0.3) is 0 Å². The summed E-state index contributed by atoms with van der Waals surface area (Å²) in [4.78, 5) is 12.1. The Hall–Kier alpha value is -1.55. The van der Waals surface area contributed by atoms with Gasteiger partial charge in [-0.15, -0.1) is 0 Å². The number of carbonyl (C=O) groups is 1. The number of hydrogen-bond donors (Lipinski definition) is 1. The van der Waals surface area contributed by atoms with Crippen LogP contribution in [0.2, 0.25) is 0 Å². The van der Waals surface area contributed by atoms with E-state index in [1.165, 1.54) is 0 Å². The fourth-order valence-electron chi connectivity index (χ4n) is 1.95. The summed E-state index contributed by atoms with van der Waals surface area (Å²) < 4.78 is 5.81. The summed E-state index contributed by atoms with van der Waals surface area (Å²) in [6.07, 6.45) is 0. The Morgan fingerprint density at radius 3 is 2.58 bits per heavy atom. The van der Waals surface area contributed by atoms with Gasteiger partial charge in [0.05, 0.1) is 0 Å². The zero-order chi connectivity index (χ0) is 14.0. The predicted octanol–water partition coefficient (Wildman–Crippen LogP) is 4.73. The first kappa shape index (κ1) is 13.9. The molecule has 0 unspecified atom stereocenters. The molecule has 1 N–H and O–H groups in total. The van der Waals surface area contributed by atoms with Crippen molar-refractivity contribution in [3.8, 4) is 0 Å². The number of furan rings is 1. The standard InChI is InChI=1S/C15H16BrNO2/c1-9(2)11-6-4-5-10(3)14(11)17-15(18)12-7-8-13(16)19-12/h4-9H,1-3H3,(H,17,18). The van der Waals surface area contributed by atoms with Crippen LogP contribution in [0.3, 0.4) is 0 Å². The molecule has 0 saturated heterocycles. The summed E-state index contributed by atoms with van der Waals surface area (Å²) >= 11 is 3.19. The molecule has 4 heteroatoms. The summed E-state index contributed by atoms with van der Waals surface area (Å²) in [6.45, 7) is 6.20. The molecule has 1 aromatic heterocycles. The van der Waals surface area contributed by atoms with Gasteiger partial charge in [0, 0.05) is 5.69 Å². The number of para-hydroxylation sites is 1. The summed E-state index contributed by atoms with van der Waals surface area (Å²) in [5.41, 5.74) is 3.04. The van der Waals surface area contributed by atoms with E-state index in [-0.39, 0.29) is 5.91 Å². The Bertz CT molecular complexity index is 602. The summed E-state index contributed by atoms with van der Waals surface area (Å²) in [6, 6.07) is 9.37. The Morgan fingerprint density at radius 1 is 1.26 bits per heavy atom. The van der Waals surface area contributed by atoms with Crippen LogP contribution in [0.4, 0.5) is 5.69 Å². The van der Waals surface area contributed by atoms with Crippen LogP contribution in [0, 0.1) is 6.92 Å². The first-order valence-corrected chi connectivity index (χ1v) is 6.94. The van der Waals surface area contributed by atoms with Crippen molar-refractivity contribution < 1.29 is 9.21 Å². The fourth-order valence-corrected chi connectivity index (χ4v) is 2.26. The molecule has 0 radical (unpaired) electrons. The van der Waals surface area contributed by atoms with Gasteiger partial charge < -0.3 is 9.73 Å². The van der Waals surface area contributed by atoms with Gasteiger partial charge in [-0.3, -0.25) is 4.79 Å². The first-order chi connectivity index (χ1) is 8.99. The lowest BCUT2D eigenvalue weighted by Crippen LogP contribution is -2.14. The fraction of sp³-hybridized carbons (Fsp3) is 0.267. The van der Waals surface area contributed by atoms with E-state index in [1.807, 2.05) is 25.1 Å². The Morgan fingerprint density at radius 2 is 2.00 bits per heavy atom. The molecule has 0 saturated carbocycles. The maximum atomic E-state index is 12.1. The molecule has 0 aliphatic carbocycles. The lowest BCUT2D eigenvalue weighted by atomic mass is 9.98. The van der Waals surface area contributed by atoms with Crippen LogP contribution in [-0.2, 0) is 0 Å². The Kier molecular flexibility index (Phi) is 4.10. The SMILES string of the molecule is Cc1cccc(C(C)C)c1NC(=O)c1ccc(Br)o1. The number of anilines is 1. The number of nitrogens with one attached hydrogen (secondary N) is 1. The minimum atomic E-state index is -0.234. The van der Waals surface area contributed by atoms with Crippen molar-refractivity contribution in [3.63, 3.8) is 0 Å². The van der Waals surface area contributed by atoms with Crippen LogP contribution in [0.1, 0.15) is 41.4 Å². The number of amides is 1. The van der Waals surface area contributed by atoms with Crippen LogP contribution in [-0.4, -0.2) is 5.91 Å². The molecule has 0 bridgehead atoms. The van der Waals surface area contributed by atoms with Crippen molar-refractivity contribution in [3.05, 3.63) is 51.9 Å². The van der Waals surface area contributed by atoms with Crippen molar-refractivity contribution >= 4 is 27.5 Å². The maximum absolute atomic E-state index is 12.1. The maximum Gasteiger partial charge on any atom is 0.291 e. The molecule has 0 fully saturated rings. The smallest absolute Gasteiger partial charge is 0.291 e. The quantitative estimate of drug-likeness (QED) is 0.888. The second-order valence-electron chi connectivity index (χ2n) is 4.75. The van der Waals surface area contributed by atoms with E-state index in [0.717, 1.165) is 16.8 Å². The molecule has 0 aliphatic rings. The normalized spacial score (nSPS) is 10.8. The minimum absolute atomic E-state index is 0.234. The third kappa shape index (κ3) is 3.07. The topological polar surface area (TPSA) is 42.2 Å². The van der Waals surface area contributed by atoms with Crippen molar-refractivity contribution in [2.45, 2.75) is 26.7 Å². The van der Waals surface area contributed by atoms with E-state index in [2.05, 4.69) is 35.1 Å². The van der Waals surface area contributed by atoms with Crippen LogP contribution in [0.15, 0.2) is 39.4 Å². The molecule has 1 aromatic carbocycles. The number of carbonyl (C=O) groups excluding carboxylic acids is 1. The number of aryl methyl sites for hydroxylation is 1. The van der Waals surface area contributed by atoms with E-state index < -0.39 is 0 Å². The predicted molar refractivity (Wildman–Crippen MR) is 79.6 cm³/mol. The number of halogens is 1. The molecule has 19 heavy (non-hydrogen) atoms. The number of hydrogen-bond acceptors (Lipinski definition) is 2. The van der Waals surface area contributed by atoms with Gasteiger partial charge in [-0.05, 0) is 52.0 Å². The van der Waals surface area contributed by atoms with Crippen LogP contribution in [0.5, 0.6) is 0 Å². The van der Waals surface area contributed by atoms with Gasteiger partial charge in [-0.25, -0.2) is 0 Å². The van der Waals surface area contributed by atoms with Crippen molar-refractivity contribution in [1.29, 1.82) is 0 Å². The average Bonchev–Trinajstić information content (AvgIpc) is 2.78. The molecular weight excluding hydrogens is 306 g/mol. The zero-order valence-electron chi connectivity index (χ0n) is 11.2.